The fourth-order valence-electron chi connectivity index (χ4n) is 5.43. The molecule has 2 fully saturated rings. The van der Waals surface area contributed by atoms with Crippen molar-refractivity contribution >= 4 is 29.1 Å². The summed E-state index contributed by atoms with van der Waals surface area (Å²) < 4.78 is 5.56. The summed E-state index contributed by atoms with van der Waals surface area (Å²) in [6.07, 6.45) is 1.68. The van der Waals surface area contributed by atoms with Crippen LogP contribution in [0, 0.1) is 0 Å². The molecule has 180 valence electrons. The lowest BCUT2D eigenvalue weighted by Gasteiger charge is -2.32. The van der Waals surface area contributed by atoms with Crippen molar-refractivity contribution in [3.8, 4) is 5.75 Å². The Hall–Kier alpha value is -3.45. The molecule has 1 aromatic heterocycles. The quantitative estimate of drug-likeness (QED) is 0.452. The molecule has 2 aromatic carbocycles. The maximum Gasteiger partial charge on any atom is 0.241 e. The number of hydrogen-bond acceptors (Lipinski definition) is 5. The van der Waals surface area contributed by atoms with Gasteiger partial charge in [0.1, 0.15) is 5.75 Å². The largest absolute Gasteiger partial charge is 0.496 e. The van der Waals surface area contributed by atoms with Crippen LogP contribution in [0.15, 0.2) is 72.1 Å². The monoisotopic (exact) mass is 488 g/mol. The molecular weight excluding hydrogens is 460 g/mol. The van der Waals surface area contributed by atoms with Crippen molar-refractivity contribution in [2.24, 2.45) is 0 Å². The van der Waals surface area contributed by atoms with Crippen molar-refractivity contribution in [1.29, 1.82) is 0 Å². The van der Waals surface area contributed by atoms with Gasteiger partial charge in [-0.25, -0.2) is 0 Å². The van der Waals surface area contributed by atoms with E-state index in [1.807, 2.05) is 77.0 Å². The van der Waals surface area contributed by atoms with E-state index in [0.29, 0.717) is 12.1 Å². The zero-order valence-corrected chi connectivity index (χ0v) is 20.5. The summed E-state index contributed by atoms with van der Waals surface area (Å²) >= 11 is 1.51. The second-order valence-electron chi connectivity index (χ2n) is 9.15. The van der Waals surface area contributed by atoms with Crippen molar-refractivity contribution in [1.82, 2.24) is 9.80 Å². The standard InChI is InChI=1S/C28H28N2O4S/c1-34-24-14-6-5-12-22(24)23-13-7-15-29(23)25(31)17-28(20-9-3-2-4-10-20)18-26(32)30(27(28)33)19-21-11-8-16-35-21/h2-6,8-12,14,16,23H,7,13,15,17-19H2,1H3/t23-,28-/m1/s1. The van der Waals surface area contributed by atoms with Crippen molar-refractivity contribution in [3.63, 3.8) is 0 Å². The van der Waals surface area contributed by atoms with Gasteiger partial charge < -0.3 is 9.64 Å². The summed E-state index contributed by atoms with van der Waals surface area (Å²) in [4.78, 5) is 45.0. The molecule has 0 radical (unpaired) electrons. The number of ether oxygens (including phenoxy) is 1. The maximum absolute atomic E-state index is 13.9. The number of carbonyl (C=O) groups excluding carboxylic acids is 3. The molecule has 0 N–H and O–H groups in total. The number of likely N-dealkylation sites (tertiary alicyclic amines) is 2. The third-order valence-corrected chi connectivity index (χ3v) is 8.01. The summed E-state index contributed by atoms with van der Waals surface area (Å²) in [5.74, 6) is 0.122. The van der Waals surface area contributed by atoms with Crippen LogP contribution in [0.5, 0.6) is 5.75 Å². The summed E-state index contributed by atoms with van der Waals surface area (Å²) in [7, 11) is 1.63. The van der Waals surface area contributed by atoms with Gasteiger partial charge in [-0.2, -0.15) is 0 Å². The summed E-state index contributed by atoms with van der Waals surface area (Å²) in [6, 6.07) is 20.8. The number of carbonyl (C=O) groups is 3. The van der Waals surface area contributed by atoms with Crippen LogP contribution in [-0.2, 0) is 26.3 Å². The number of para-hydroxylation sites is 1. The number of imide groups is 1. The Morgan fingerprint density at radius 3 is 2.57 bits per heavy atom. The van der Waals surface area contributed by atoms with E-state index in [2.05, 4.69) is 0 Å². The van der Waals surface area contributed by atoms with Gasteiger partial charge in [0.25, 0.3) is 0 Å². The fraction of sp³-hybridized carbons (Fsp3) is 0.321. The predicted octanol–water partition coefficient (Wildman–Crippen LogP) is 4.71. The highest BCUT2D eigenvalue weighted by Gasteiger charge is 2.54. The van der Waals surface area contributed by atoms with Gasteiger partial charge in [0, 0.05) is 29.8 Å². The van der Waals surface area contributed by atoms with Crippen molar-refractivity contribution < 1.29 is 19.1 Å². The minimum atomic E-state index is -1.19. The summed E-state index contributed by atoms with van der Waals surface area (Å²) in [6.45, 7) is 0.860. The van der Waals surface area contributed by atoms with Crippen LogP contribution in [0.1, 0.15) is 47.7 Å². The molecule has 7 heteroatoms. The number of amides is 3. The molecule has 0 unspecified atom stereocenters. The second-order valence-corrected chi connectivity index (χ2v) is 10.2. The SMILES string of the molecule is COc1ccccc1[C@H]1CCCN1C(=O)C[C@]1(c2ccccc2)CC(=O)N(Cc2cccs2)C1=O. The van der Waals surface area contributed by atoms with E-state index in [1.54, 1.807) is 7.11 Å². The number of rotatable bonds is 7. The van der Waals surface area contributed by atoms with Gasteiger partial charge in [-0.3, -0.25) is 19.3 Å². The fourth-order valence-corrected chi connectivity index (χ4v) is 6.12. The molecule has 3 heterocycles. The number of methoxy groups -OCH3 is 1. The topological polar surface area (TPSA) is 66.9 Å². The van der Waals surface area contributed by atoms with Crippen LogP contribution in [0.4, 0.5) is 0 Å². The molecule has 3 amide bonds. The molecule has 5 rings (SSSR count). The highest BCUT2D eigenvalue weighted by atomic mass is 32.1. The lowest BCUT2D eigenvalue weighted by Crippen LogP contribution is -2.43. The first-order chi connectivity index (χ1) is 17.0. The van der Waals surface area contributed by atoms with Crippen LogP contribution in [0.3, 0.4) is 0 Å². The Labute approximate surface area is 209 Å². The second kappa shape index (κ2) is 9.66. The van der Waals surface area contributed by atoms with Gasteiger partial charge in [-0.1, -0.05) is 54.6 Å². The molecule has 2 saturated heterocycles. The normalized spacial score (nSPS) is 22.1. The zero-order valence-electron chi connectivity index (χ0n) is 19.7. The lowest BCUT2D eigenvalue weighted by molar-refractivity contribution is -0.143. The summed E-state index contributed by atoms with van der Waals surface area (Å²) in [5, 5.41) is 1.93. The molecule has 0 aliphatic carbocycles. The number of hydrogen-bond donors (Lipinski definition) is 0. The minimum absolute atomic E-state index is 0.000126. The van der Waals surface area contributed by atoms with E-state index in [-0.39, 0.29) is 43.1 Å². The maximum atomic E-state index is 13.9. The lowest BCUT2D eigenvalue weighted by atomic mass is 9.75. The third-order valence-electron chi connectivity index (χ3n) is 7.15. The average molecular weight is 489 g/mol. The van der Waals surface area contributed by atoms with Gasteiger partial charge in [0.05, 0.1) is 25.1 Å². The van der Waals surface area contributed by atoms with Crippen LogP contribution in [-0.4, -0.2) is 41.2 Å². The Morgan fingerprint density at radius 2 is 1.83 bits per heavy atom. The van der Waals surface area contributed by atoms with E-state index >= 15 is 0 Å². The van der Waals surface area contributed by atoms with Gasteiger partial charge >= 0.3 is 0 Å². The predicted molar refractivity (Wildman–Crippen MR) is 134 cm³/mol. The van der Waals surface area contributed by atoms with Crippen LogP contribution in [0.25, 0.3) is 0 Å². The highest BCUT2D eigenvalue weighted by molar-refractivity contribution is 7.09. The molecular formula is C28H28N2O4S. The molecule has 0 spiro atoms. The van der Waals surface area contributed by atoms with E-state index < -0.39 is 5.41 Å². The Bertz CT molecular complexity index is 1230. The van der Waals surface area contributed by atoms with Gasteiger partial charge in [0.15, 0.2) is 0 Å². The average Bonchev–Trinajstić information content (AvgIpc) is 3.63. The van der Waals surface area contributed by atoms with Gasteiger partial charge in [-0.15, -0.1) is 11.3 Å². The third kappa shape index (κ3) is 4.25. The molecule has 2 aliphatic heterocycles. The first-order valence-electron chi connectivity index (χ1n) is 11.9. The van der Waals surface area contributed by atoms with Crippen LogP contribution >= 0.6 is 11.3 Å². The molecule has 0 bridgehead atoms. The Kier molecular flexibility index (Phi) is 6.43. The van der Waals surface area contributed by atoms with E-state index in [4.69, 9.17) is 4.74 Å². The van der Waals surface area contributed by atoms with Crippen LogP contribution < -0.4 is 4.74 Å². The molecule has 3 aromatic rings. The van der Waals surface area contributed by atoms with Crippen LogP contribution in [0.2, 0.25) is 0 Å². The number of nitrogens with zero attached hydrogens (tertiary/aromatic N) is 2. The first-order valence-corrected chi connectivity index (χ1v) is 12.8. The van der Waals surface area contributed by atoms with E-state index in [1.165, 1.54) is 16.2 Å². The first kappa shape index (κ1) is 23.3. The molecule has 2 atom stereocenters. The van der Waals surface area contributed by atoms with E-state index in [0.717, 1.165) is 29.0 Å². The Balaban J connectivity index is 1.46. The molecule has 0 saturated carbocycles. The smallest absolute Gasteiger partial charge is 0.241 e. The highest BCUT2D eigenvalue weighted by Crippen LogP contribution is 2.43. The molecule has 2 aliphatic rings. The number of thiophene rings is 1. The molecule has 6 nitrogen and oxygen atoms in total. The summed E-state index contributed by atoms with van der Waals surface area (Å²) in [5.41, 5.74) is 0.497. The van der Waals surface area contributed by atoms with Crippen molar-refractivity contribution in [2.45, 2.75) is 43.7 Å². The van der Waals surface area contributed by atoms with E-state index in [9.17, 15) is 14.4 Å². The van der Waals surface area contributed by atoms with Crippen molar-refractivity contribution in [2.75, 3.05) is 13.7 Å². The zero-order chi connectivity index (χ0) is 24.4. The Morgan fingerprint density at radius 1 is 1.06 bits per heavy atom. The molecule has 35 heavy (non-hydrogen) atoms. The minimum Gasteiger partial charge on any atom is -0.496 e. The number of benzene rings is 2. The van der Waals surface area contributed by atoms with Crippen molar-refractivity contribution in [3.05, 3.63) is 88.1 Å². The van der Waals surface area contributed by atoms with Gasteiger partial charge in [-0.05, 0) is 35.9 Å². The van der Waals surface area contributed by atoms with Gasteiger partial charge in [0.2, 0.25) is 17.7 Å².